The minimum atomic E-state index is -0.00573. The Hall–Kier alpha value is -2.63. The van der Waals surface area contributed by atoms with Crippen LogP contribution in [0.4, 0.5) is 0 Å². The zero-order chi connectivity index (χ0) is 15.4. The summed E-state index contributed by atoms with van der Waals surface area (Å²) >= 11 is 0. The summed E-state index contributed by atoms with van der Waals surface area (Å²) in [5.74, 6) is 1.60. The van der Waals surface area contributed by atoms with Gasteiger partial charge in [0.25, 0.3) is 0 Å². The molecule has 6 nitrogen and oxygen atoms in total. The number of carbonyl (C=O) groups is 1. The Morgan fingerprint density at radius 2 is 2.41 bits per heavy atom. The number of carbonyl (C=O) groups excluding carboxylic acids is 1. The second-order valence-electron chi connectivity index (χ2n) is 5.17. The molecule has 1 unspecified atom stereocenters. The predicted octanol–water partition coefficient (Wildman–Crippen LogP) is 2.11. The lowest BCUT2D eigenvalue weighted by Gasteiger charge is -2.13. The van der Waals surface area contributed by atoms with Crippen molar-refractivity contribution < 1.29 is 14.1 Å². The summed E-state index contributed by atoms with van der Waals surface area (Å²) < 4.78 is 9.92. The largest absolute Gasteiger partial charge is 0.497 e. The highest BCUT2D eigenvalue weighted by molar-refractivity contribution is 5.92. The summed E-state index contributed by atoms with van der Waals surface area (Å²) in [5, 5.41) is 3.85. The van der Waals surface area contributed by atoms with E-state index in [2.05, 4.69) is 10.1 Å². The van der Waals surface area contributed by atoms with Crippen LogP contribution in [0.25, 0.3) is 6.08 Å². The van der Waals surface area contributed by atoms with Gasteiger partial charge in [-0.3, -0.25) is 4.79 Å². The number of benzene rings is 1. The molecule has 1 fully saturated rings. The molecule has 1 aromatic heterocycles. The van der Waals surface area contributed by atoms with Gasteiger partial charge in [0.1, 0.15) is 5.75 Å². The van der Waals surface area contributed by atoms with Gasteiger partial charge in [-0.15, -0.1) is 0 Å². The summed E-state index contributed by atoms with van der Waals surface area (Å²) in [6.07, 6.45) is 5.57. The van der Waals surface area contributed by atoms with E-state index in [1.54, 1.807) is 24.2 Å². The molecule has 1 atom stereocenters. The zero-order valence-corrected chi connectivity index (χ0v) is 12.3. The molecule has 114 valence electrons. The second-order valence-corrected chi connectivity index (χ2v) is 5.17. The van der Waals surface area contributed by atoms with Gasteiger partial charge in [0.2, 0.25) is 12.3 Å². The van der Waals surface area contributed by atoms with Crippen molar-refractivity contribution in [2.24, 2.45) is 0 Å². The van der Waals surface area contributed by atoms with E-state index in [9.17, 15) is 4.79 Å². The minimum absolute atomic E-state index is 0.00573. The van der Waals surface area contributed by atoms with Crippen molar-refractivity contribution in [3.8, 4) is 5.75 Å². The number of aromatic nitrogens is 2. The molecule has 2 aromatic rings. The van der Waals surface area contributed by atoms with Crippen molar-refractivity contribution in [2.45, 2.75) is 12.3 Å². The molecule has 0 radical (unpaired) electrons. The van der Waals surface area contributed by atoms with Gasteiger partial charge >= 0.3 is 0 Å². The lowest BCUT2D eigenvalue weighted by Crippen LogP contribution is -2.26. The second kappa shape index (κ2) is 6.43. The maximum atomic E-state index is 12.2. The molecule has 0 N–H and O–H groups in total. The standard InChI is InChI=1S/C16H17N3O3/c1-21-14-4-2-3-12(9-14)5-6-15(20)19-8-7-13(10-19)16-17-11-22-18-16/h2-6,9,11,13H,7-8,10H2,1H3. The van der Waals surface area contributed by atoms with Gasteiger partial charge < -0.3 is 14.2 Å². The molecule has 0 spiro atoms. The highest BCUT2D eigenvalue weighted by atomic mass is 16.5. The van der Waals surface area contributed by atoms with Gasteiger partial charge in [-0.1, -0.05) is 17.3 Å². The Bertz CT molecular complexity index is 667. The minimum Gasteiger partial charge on any atom is -0.497 e. The van der Waals surface area contributed by atoms with Gasteiger partial charge in [0.05, 0.1) is 7.11 Å². The van der Waals surface area contributed by atoms with E-state index < -0.39 is 0 Å². The molecule has 2 heterocycles. The summed E-state index contributed by atoms with van der Waals surface area (Å²) in [6.45, 7) is 1.33. The first kappa shape index (κ1) is 14.3. The van der Waals surface area contributed by atoms with E-state index in [0.29, 0.717) is 18.9 Å². The van der Waals surface area contributed by atoms with E-state index in [4.69, 9.17) is 9.26 Å². The third-order valence-corrected chi connectivity index (χ3v) is 3.76. The molecular formula is C16H17N3O3. The maximum Gasteiger partial charge on any atom is 0.246 e. The molecule has 0 saturated carbocycles. The number of amides is 1. The van der Waals surface area contributed by atoms with Gasteiger partial charge in [-0.25, -0.2) is 0 Å². The van der Waals surface area contributed by atoms with Gasteiger partial charge in [0, 0.05) is 25.1 Å². The molecule has 0 bridgehead atoms. The molecule has 6 heteroatoms. The Morgan fingerprint density at radius 1 is 1.50 bits per heavy atom. The van der Waals surface area contributed by atoms with Crippen molar-refractivity contribution >= 4 is 12.0 Å². The number of hydrogen-bond acceptors (Lipinski definition) is 5. The molecule has 1 aliphatic heterocycles. The van der Waals surface area contributed by atoms with Crippen LogP contribution in [0.3, 0.4) is 0 Å². The topological polar surface area (TPSA) is 68.5 Å². The Morgan fingerprint density at radius 3 is 3.18 bits per heavy atom. The molecule has 22 heavy (non-hydrogen) atoms. The fourth-order valence-corrected chi connectivity index (χ4v) is 2.55. The van der Waals surface area contributed by atoms with Gasteiger partial charge in [-0.05, 0) is 30.2 Å². The van der Waals surface area contributed by atoms with Crippen molar-refractivity contribution in [1.29, 1.82) is 0 Å². The SMILES string of the molecule is COc1cccc(C=CC(=O)N2CCC(c3ncon3)C2)c1. The van der Waals surface area contributed by atoms with Crippen molar-refractivity contribution in [1.82, 2.24) is 15.0 Å². The number of nitrogens with zero attached hydrogens (tertiary/aromatic N) is 3. The first-order valence-corrected chi connectivity index (χ1v) is 7.13. The van der Waals surface area contributed by atoms with Gasteiger partial charge in [-0.2, -0.15) is 4.98 Å². The number of methoxy groups -OCH3 is 1. The summed E-state index contributed by atoms with van der Waals surface area (Å²) in [4.78, 5) is 18.1. The van der Waals surface area contributed by atoms with Crippen molar-refractivity contribution in [2.75, 3.05) is 20.2 Å². The average Bonchev–Trinajstić information content (AvgIpc) is 3.23. The summed E-state index contributed by atoms with van der Waals surface area (Å²) in [5.41, 5.74) is 0.932. The van der Waals surface area contributed by atoms with Crippen LogP contribution in [0, 0.1) is 0 Å². The maximum absolute atomic E-state index is 12.2. The number of hydrogen-bond donors (Lipinski definition) is 0. The quantitative estimate of drug-likeness (QED) is 0.809. The Balaban J connectivity index is 1.61. The smallest absolute Gasteiger partial charge is 0.246 e. The first-order chi connectivity index (χ1) is 10.8. The molecule has 0 aliphatic carbocycles. The van der Waals surface area contributed by atoms with Crippen molar-refractivity contribution in [3.63, 3.8) is 0 Å². The van der Waals surface area contributed by atoms with Crippen LogP contribution in [0.2, 0.25) is 0 Å². The van der Waals surface area contributed by atoms with Crippen molar-refractivity contribution in [3.05, 3.63) is 48.1 Å². The predicted molar refractivity (Wildman–Crippen MR) is 80.3 cm³/mol. The molecule has 1 amide bonds. The number of rotatable bonds is 4. The Labute approximate surface area is 128 Å². The number of ether oxygens (including phenoxy) is 1. The highest BCUT2D eigenvalue weighted by Gasteiger charge is 2.28. The van der Waals surface area contributed by atoms with Crippen LogP contribution in [0.5, 0.6) is 5.75 Å². The lowest BCUT2D eigenvalue weighted by atomic mass is 10.1. The van der Waals surface area contributed by atoms with Crippen LogP contribution in [-0.4, -0.2) is 41.1 Å². The van der Waals surface area contributed by atoms with E-state index in [1.807, 2.05) is 24.3 Å². The normalized spacial score (nSPS) is 18.0. The lowest BCUT2D eigenvalue weighted by molar-refractivity contribution is -0.124. The Kier molecular flexibility index (Phi) is 4.18. The summed E-state index contributed by atoms with van der Waals surface area (Å²) in [7, 11) is 1.62. The van der Waals surface area contributed by atoms with E-state index >= 15 is 0 Å². The molecule has 3 rings (SSSR count). The van der Waals surface area contributed by atoms with E-state index in [-0.39, 0.29) is 11.8 Å². The third-order valence-electron chi connectivity index (χ3n) is 3.76. The molecule has 1 aromatic carbocycles. The van der Waals surface area contributed by atoms with Crippen LogP contribution < -0.4 is 4.74 Å². The fraction of sp³-hybridized carbons (Fsp3) is 0.312. The van der Waals surface area contributed by atoms with E-state index in [1.165, 1.54) is 6.39 Å². The van der Waals surface area contributed by atoms with Crippen LogP contribution >= 0.6 is 0 Å². The van der Waals surface area contributed by atoms with Crippen LogP contribution in [-0.2, 0) is 4.79 Å². The summed E-state index contributed by atoms with van der Waals surface area (Å²) in [6, 6.07) is 7.58. The zero-order valence-electron chi connectivity index (χ0n) is 12.3. The van der Waals surface area contributed by atoms with Gasteiger partial charge in [0.15, 0.2) is 5.82 Å². The molecular weight excluding hydrogens is 282 g/mol. The third kappa shape index (κ3) is 3.16. The molecule has 1 saturated heterocycles. The average molecular weight is 299 g/mol. The van der Waals surface area contributed by atoms with Crippen LogP contribution in [0.15, 0.2) is 41.3 Å². The monoisotopic (exact) mass is 299 g/mol. The first-order valence-electron chi connectivity index (χ1n) is 7.13. The molecule has 1 aliphatic rings. The van der Waals surface area contributed by atoms with Crippen LogP contribution in [0.1, 0.15) is 23.7 Å². The fourth-order valence-electron chi connectivity index (χ4n) is 2.55. The van der Waals surface area contributed by atoms with E-state index in [0.717, 1.165) is 17.7 Å². The number of likely N-dealkylation sites (tertiary alicyclic amines) is 1. The highest BCUT2D eigenvalue weighted by Crippen LogP contribution is 2.24.